The van der Waals surface area contributed by atoms with Crippen molar-refractivity contribution in [3.8, 4) is 0 Å². The van der Waals surface area contributed by atoms with Crippen LogP contribution in [0.1, 0.15) is 0 Å². The van der Waals surface area contributed by atoms with Crippen molar-refractivity contribution in [1.82, 2.24) is 9.97 Å². The van der Waals surface area contributed by atoms with Gasteiger partial charge >= 0.3 is 0 Å². The highest BCUT2D eigenvalue weighted by atomic mass is 127. The van der Waals surface area contributed by atoms with E-state index >= 15 is 0 Å². The smallest absolute Gasteiger partial charge is 0.232 e. The zero-order chi connectivity index (χ0) is 7.68. The number of thiophene rings is 1. The lowest BCUT2D eigenvalue weighted by atomic mass is 10.4. The third-order valence-electron chi connectivity index (χ3n) is 1.29. The first-order chi connectivity index (χ1) is 5.40. The average Bonchev–Trinajstić information content (AvgIpc) is 2.50. The van der Waals surface area contributed by atoms with Gasteiger partial charge in [-0.2, -0.15) is 0 Å². The summed E-state index contributed by atoms with van der Waals surface area (Å²) in [6.45, 7) is 0. The molecule has 0 amide bonds. The fourth-order valence-corrected chi connectivity index (χ4v) is 1.80. The lowest BCUT2D eigenvalue weighted by Gasteiger charge is -1.93. The molecule has 11 heavy (non-hydrogen) atoms. The molecular formula is C6H4IN3S. The highest BCUT2D eigenvalue weighted by Gasteiger charge is 1.97. The van der Waals surface area contributed by atoms with Gasteiger partial charge in [0.2, 0.25) is 5.95 Å². The molecule has 2 rings (SSSR count). The Morgan fingerprint density at radius 2 is 2.45 bits per heavy atom. The summed E-state index contributed by atoms with van der Waals surface area (Å²) in [6.07, 6.45) is 1.82. The number of hydrogen-bond acceptors (Lipinski definition) is 4. The monoisotopic (exact) mass is 277 g/mol. The summed E-state index contributed by atoms with van der Waals surface area (Å²) >= 11 is 3.64. The molecule has 0 unspecified atom stereocenters. The second kappa shape index (κ2) is 2.90. The molecule has 0 spiro atoms. The topological polar surface area (TPSA) is 37.8 Å². The Morgan fingerprint density at radius 3 is 3.27 bits per heavy atom. The fraction of sp³-hybridized carbons (Fsp3) is 0. The van der Waals surface area contributed by atoms with Crippen molar-refractivity contribution in [3.05, 3.63) is 17.6 Å². The van der Waals surface area contributed by atoms with Crippen LogP contribution in [0, 0.1) is 0 Å². The number of anilines is 1. The largest absolute Gasteiger partial charge is 0.297 e. The first-order valence-electron chi connectivity index (χ1n) is 2.97. The third-order valence-corrected chi connectivity index (χ3v) is 2.60. The molecule has 2 aromatic heterocycles. The van der Waals surface area contributed by atoms with Gasteiger partial charge in [0.1, 0.15) is 4.83 Å². The number of nitrogens with one attached hydrogen (secondary N) is 1. The Balaban J connectivity index is 2.67. The number of hydrogen-bond donors (Lipinski definition) is 1. The van der Waals surface area contributed by atoms with Crippen LogP contribution in [0.25, 0.3) is 10.2 Å². The van der Waals surface area contributed by atoms with Crippen LogP contribution >= 0.6 is 34.2 Å². The summed E-state index contributed by atoms with van der Waals surface area (Å²) in [5, 5.41) is 3.11. The SMILES string of the molecule is INc1ncc2ccsc2n1. The van der Waals surface area contributed by atoms with Gasteiger partial charge in [0.25, 0.3) is 0 Å². The van der Waals surface area contributed by atoms with Crippen molar-refractivity contribution in [1.29, 1.82) is 0 Å². The molecule has 0 saturated heterocycles. The van der Waals surface area contributed by atoms with Gasteiger partial charge < -0.3 is 0 Å². The van der Waals surface area contributed by atoms with Gasteiger partial charge in [-0.05, 0) is 11.4 Å². The summed E-state index contributed by atoms with van der Waals surface area (Å²) < 4.78 is 2.86. The van der Waals surface area contributed by atoms with Crippen LogP contribution in [0.2, 0.25) is 0 Å². The van der Waals surface area contributed by atoms with Gasteiger partial charge in [-0.25, -0.2) is 9.97 Å². The molecular weight excluding hydrogens is 273 g/mol. The Kier molecular flexibility index (Phi) is 1.91. The van der Waals surface area contributed by atoms with E-state index in [1.54, 1.807) is 11.3 Å². The summed E-state index contributed by atoms with van der Waals surface area (Å²) in [6, 6.07) is 2.01. The van der Waals surface area contributed by atoms with Crippen LogP contribution in [0.3, 0.4) is 0 Å². The predicted molar refractivity (Wildman–Crippen MR) is 55.1 cm³/mol. The Hall–Kier alpha value is -0.430. The molecule has 0 saturated carbocycles. The number of fused-ring (bicyclic) bond motifs is 1. The van der Waals surface area contributed by atoms with E-state index in [1.165, 1.54) is 0 Å². The molecule has 0 aromatic carbocycles. The first-order valence-corrected chi connectivity index (χ1v) is 4.93. The highest BCUT2D eigenvalue weighted by molar-refractivity contribution is 14.1. The van der Waals surface area contributed by atoms with Crippen molar-refractivity contribution >= 4 is 50.4 Å². The minimum atomic E-state index is 0.667. The Bertz CT molecular complexity index is 373. The molecule has 2 aromatic rings. The maximum atomic E-state index is 4.24. The molecule has 0 aliphatic rings. The molecule has 0 bridgehead atoms. The summed E-state index contributed by atoms with van der Waals surface area (Å²) in [7, 11) is 0. The van der Waals surface area contributed by atoms with Crippen molar-refractivity contribution in [2.45, 2.75) is 0 Å². The lowest BCUT2D eigenvalue weighted by molar-refractivity contribution is 1.26. The van der Waals surface area contributed by atoms with Gasteiger partial charge in [-0.1, -0.05) is 0 Å². The van der Waals surface area contributed by atoms with E-state index in [4.69, 9.17) is 0 Å². The lowest BCUT2D eigenvalue weighted by Crippen LogP contribution is -1.87. The minimum absolute atomic E-state index is 0.667. The average molecular weight is 277 g/mol. The van der Waals surface area contributed by atoms with E-state index in [2.05, 4.69) is 13.5 Å². The maximum absolute atomic E-state index is 4.24. The van der Waals surface area contributed by atoms with Gasteiger partial charge in [-0.15, -0.1) is 11.3 Å². The molecule has 0 atom stereocenters. The normalized spacial score (nSPS) is 10.3. The van der Waals surface area contributed by atoms with Gasteiger partial charge in [0.05, 0.1) is 22.9 Å². The van der Waals surface area contributed by atoms with E-state index in [9.17, 15) is 0 Å². The second-order valence-corrected chi connectivity index (χ2v) is 3.40. The molecule has 0 aliphatic heterocycles. The molecule has 1 N–H and O–H groups in total. The molecule has 2 heterocycles. The molecule has 3 nitrogen and oxygen atoms in total. The van der Waals surface area contributed by atoms with Crippen LogP contribution in [-0.4, -0.2) is 9.97 Å². The first kappa shape index (κ1) is 7.23. The number of rotatable bonds is 1. The quantitative estimate of drug-likeness (QED) is 0.642. The second-order valence-electron chi connectivity index (χ2n) is 1.97. The molecule has 0 aliphatic carbocycles. The third kappa shape index (κ3) is 1.30. The van der Waals surface area contributed by atoms with Crippen LogP contribution < -0.4 is 3.53 Å². The number of nitrogens with zero attached hydrogens (tertiary/aromatic N) is 2. The van der Waals surface area contributed by atoms with E-state index in [0.29, 0.717) is 5.95 Å². The van der Waals surface area contributed by atoms with Crippen molar-refractivity contribution in [2.75, 3.05) is 3.53 Å². The van der Waals surface area contributed by atoms with Crippen LogP contribution in [-0.2, 0) is 0 Å². The number of aromatic nitrogens is 2. The molecule has 0 fully saturated rings. The van der Waals surface area contributed by atoms with E-state index < -0.39 is 0 Å². The summed E-state index contributed by atoms with van der Waals surface area (Å²) in [5.74, 6) is 0.667. The molecule has 56 valence electrons. The van der Waals surface area contributed by atoms with Gasteiger partial charge in [0.15, 0.2) is 0 Å². The van der Waals surface area contributed by atoms with E-state index in [1.807, 2.05) is 40.5 Å². The van der Waals surface area contributed by atoms with Crippen LogP contribution in [0.15, 0.2) is 17.6 Å². The van der Waals surface area contributed by atoms with Gasteiger partial charge in [-0.3, -0.25) is 3.53 Å². The number of halogens is 1. The van der Waals surface area contributed by atoms with Crippen molar-refractivity contribution < 1.29 is 0 Å². The van der Waals surface area contributed by atoms with E-state index in [0.717, 1.165) is 10.2 Å². The van der Waals surface area contributed by atoms with Gasteiger partial charge in [0, 0.05) is 11.6 Å². The fourth-order valence-electron chi connectivity index (χ4n) is 0.802. The van der Waals surface area contributed by atoms with Crippen molar-refractivity contribution in [3.63, 3.8) is 0 Å². The maximum Gasteiger partial charge on any atom is 0.232 e. The standard InChI is InChI=1S/C6H4IN3S/c7-10-6-8-3-4-1-2-11-5(4)9-6/h1-3H,(H,8,9,10). The minimum Gasteiger partial charge on any atom is -0.297 e. The highest BCUT2D eigenvalue weighted by Crippen LogP contribution is 2.18. The Morgan fingerprint density at radius 1 is 1.55 bits per heavy atom. The Labute approximate surface area is 81.4 Å². The van der Waals surface area contributed by atoms with Crippen LogP contribution in [0.4, 0.5) is 5.95 Å². The summed E-state index contributed by atoms with van der Waals surface area (Å²) in [4.78, 5) is 9.34. The molecule has 5 heteroatoms. The zero-order valence-corrected chi connectivity index (χ0v) is 8.39. The van der Waals surface area contributed by atoms with Crippen LogP contribution in [0.5, 0.6) is 0 Å². The predicted octanol–water partition coefficient (Wildman–Crippen LogP) is 2.45. The summed E-state index contributed by atoms with van der Waals surface area (Å²) in [5.41, 5.74) is 0. The van der Waals surface area contributed by atoms with Crippen molar-refractivity contribution in [2.24, 2.45) is 0 Å². The van der Waals surface area contributed by atoms with E-state index in [-0.39, 0.29) is 0 Å². The molecule has 0 radical (unpaired) electrons. The zero-order valence-electron chi connectivity index (χ0n) is 5.41.